The summed E-state index contributed by atoms with van der Waals surface area (Å²) in [5.41, 5.74) is 1.42. The first-order chi connectivity index (χ1) is 14.1. The molecule has 0 unspecified atom stereocenters. The summed E-state index contributed by atoms with van der Waals surface area (Å²) in [4.78, 5) is 29.1. The molecule has 29 heavy (non-hydrogen) atoms. The van der Waals surface area contributed by atoms with E-state index in [9.17, 15) is 9.59 Å². The van der Waals surface area contributed by atoms with Crippen LogP contribution in [0.2, 0.25) is 0 Å². The second kappa shape index (κ2) is 8.69. The van der Waals surface area contributed by atoms with Crippen LogP contribution in [0.25, 0.3) is 0 Å². The molecule has 2 amide bonds. The Hall–Kier alpha value is -2.80. The molecule has 7 nitrogen and oxygen atoms in total. The van der Waals surface area contributed by atoms with E-state index in [1.54, 1.807) is 23.0 Å². The molecule has 1 aromatic carbocycles. The molecule has 2 heterocycles. The number of nitrogens with zero attached hydrogens (tertiary/aromatic N) is 2. The molecule has 7 heteroatoms. The second-order valence-electron chi connectivity index (χ2n) is 7.72. The second-order valence-corrected chi connectivity index (χ2v) is 7.72. The Morgan fingerprint density at radius 3 is 2.83 bits per heavy atom. The van der Waals surface area contributed by atoms with Crippen LogP contribution in [0.1, 0.15) is 28.8 Å². The molecule has 1 atom stereocenters. The van der Waals surface area contributed by atoms with Crippen LogP contribution in [0.4, 0.5) is 0 Å². The van der Waals surface area contributed by atoms with Crippen molar-refractivity contribution in [3.63, 3.8) is 0 Å². The maximum atomic E-state index is 13.0. The average Bonchev–Trinajstić information content (AvgIpc) is 3.43. The summed E-state index contributed by atoms with van der Waals surface area (Å²) < 4.78 is 16.4. The van der Waals surface area contributed by atoms with E-state index in [2.05, 4.69) is 0 Å². The molecule has 1 aromatic heterocycles. The molecule has 2 aromatic rings. The van der Waals surface area contributed by atoms with E-state index in [1.807, 2.05) is 24.3 Å². The quantitative estimate of drug-likeness (QED) is 0.717. The highest BCUT2D eigenvalue weighted by molar-refractivity contribution is 5.96. The minimum atomic E-state index is -0.219. The van der Waals surface area contributed by atoms with Gasteiger partial charge in [-0.25, -0.2) is 0 Å². The van der Waals surface area contributed by atoms with Crippen molar-refractivity contribution in [2.75, 3.05) is 33.4 Å². The Balaban J connectivity index is 1.50. The third kappa shape index (κ3) is 4.98. The highest BCUT2D eigenvalue weighted by atomic mass is 16.5. The molecule has 1 saturated heterocycles. The van der Waals surface area contributed by atoms with Crippen LogP contribution in [-0.2, 0) is 16.1 Å². The summed E-state index contributed by atoms with van der Waals surface area (Å²) in [6, 6.07) is 9.29. The zero-order valence-corrected chi connectivity index (χ0v) is 16.6. The van der Waals surface area contributed by atoms with Crippen molar-refractivity contribution >= 4 is 11.8 Å². The van der Waals surface area contributed by atoms with Gasteiger partial charge in [-0.3, -0.25) is 9.59 Å². The fourth-order valence-electron chi connectivity index (χ4n) is 3.51. The molecule has 2 fully saturated rings. The number of carbonyl (C=O) groups excluding carboxylic acids is 2. The third-order valence-corrected chi connectivity index (χ3v) is 5.35. The summed E-state index contributed by atoms with van der Waals surface area (Å²) in [5.74, 6) is 1.06. The molecule has 0 N–H and O–H groups in total. The van der Waals surface area contributed by atoms with Crippen LogP contribution in [-0.4, -0.2) is 61.1 Å². The monoisotopic (exact) mass is 398 g/mol. The molecule has 1 aliphatic heterocycles. The maximum Gasteiger partial charge on any atom is 0.257 e. The minimum absolute atomic E-state index is 0.0251. The van der Waals surface area contributed by atoms with Gasteiger partial charge in [0.1, 0.15) is 18.6 Å². The highest BCUT2D eigenvalue weighted by Crippen LogP contribution is 2.29. The molecule has 2 aliphatic rings. The van der Waals surface area contributed by atoms with Gasteiger partial charge in [0.05, 0.1) is 25.0 Å². The van der Waals surface area contributed by atoms with Crippen LogP contribution in [0.3, 0.4) is 0 Å². The van der Waals surface area contributed by atoms with Crippen molar-refractivity contribution < 1.29 is 23.5 Å². The van der Waals surface area contributed by atoms with E-state index in [1.165, 1.54) is 25.4 Å². The van der Waals surface area contributed by atoms with Crippen molar-refractivity contribution in [3.05, 3.63) is 54.0 Å². The van der Waals surface area contributed by atoms with Crippen molar-refractivity contribution in [1.82, 2.24) is 9.80 Å². The fourth-order valence-corrected chi connectivity index (χ4v) is 3.51. The van der Waals surface area contributed by atoms with Gasteiger partial charge in [0.15, 0.2) is 0 Å². The lowest BCUT2D eigenvalue weighted by molar-refractivity contribution is -0.132. The Bertz CT molecular complexity index is 847. The van der Waals surface area contributed by atoms with E-state index < -0.39 is 0 Å². The summed E-state index contributed by atoms with van der Waals surface area (Å²) in [6.45, 7) is 2.00. The minimum Gasteiger partial charge on any atom is -0.497 e. The Morgan fingerprint density at radius 1 is 1.24 bits per heavy atom. The molecule has 0 spiro atoms. The van der Waals surface area contributed by atoms with Crippen LogP contribution >= 0.6 is 0 Å². The lowest BCUT2D eigenvalue weighted by Gasteiger charge is -2.25. The normalized spacial score (nSPS) is 19.9. The zero-order chi connectivity index (χ0) is 20.2. The molecule has 1 saturated carbocycles. The summed E-state index contributed by atoms with van der Waals surface area (Å²) >= 11 is 0. The van der Waals surface area contributed by atoms with Gasteiger partial charge in [0, 0.05) is 26.2 Å². The molecule has 1 aliphatic carbocycles. The lowest BCUT2D eigenvalue weighted by Crippen LogP contribution is -2.39. The van der Waals surface area contributed by atoms with E-state index in [0.29, 0.717) is 37.7 Å². The Kier molecular flexibility index (Phi) is 5.85. The summed E-state index contributed by atoms with van der Waals surface area (Å²) in [5, 5.41) is 0. The summed E-state index contributed by atoms with van der Waals surface area (Å²) in [7, 11) is 1.62. The molecule has 0 bridgehead atoms. The number of methoxy groups -OCH3 is 1. The van der Waals surface area contributed by atoms with Crippen molar-refractivity contribution in [1.29, 1.82) is 0 Å². The van der Waals surface area contributed by atoms with E-state index >= 15 is 0 Å². The number of hydrogen-bond acceptors (Lipinski definition) is 5. The van der Waals surface area contributed by atoms with Gasteiger partial charge in [-0.05, 0) is 42.5 Å². The number of hydrogen-bond donors (Lipinski definition) is 0. The Labute approximate surface area is 170 Å². The van der Waals surface area contributed by atoms with E-state index in [-0.39, 0.29) is 24.5 Å². The van der Waals surface area contributed by atoms with Gasteiger partial charge in [-0.1, -0.05) is 12.1 Å². The molecular formula is C22H26N2O5. The van der Waals surface area contributed by atoms with Crippen molar-refractivity contribution in [2.24, 2.45) is 5.92 Å². The maximum absolute atomic E-state index is 13.0. The number of rotatable bonds is 7. The van der Waals surface area contributed by atoms with Crippen LogP contribution < -0.4 is 4.74 Å². The summed E-state index contributed by atoms with van der Waals surface area (Å²) in [6.07, 6.45) is 5.03. The van der Waals surface area contributed by atoms with Gasteiger partial charge < -0.3 is 23.7 Å². The Morgan fingerprint density at radius 2 is 2.10 bits per heavy atom. The van der Waals surface area contributed by atoms with Gasteiger partial charge in [0.25, 0.3) is 5.91 Å². The first-order valence-electron chi connectivity index (χ1n) is 9.96. The predicted octanol–water partition coefficient (Wildman–Crippen LogP) is 2.57. The van der Waals surface area contributed by atoms with Gasteiger partial charge in [-0.2, -0.15) is 0 Å². The molecule has 0 radical (unpaired) electrons. The zero-order valence-electron chi connectivity index (χ0n) is 16.6. The van der Waals surface area contributed by atoms with Crippen LogP contribution in [0.15, 0.2) is 47.3 Å². The van der Waals surface area contributed by atoms with E-state index in [4.69, 9.17) is 13.9 Å². The van der Waals surface area contributed by atoms with Crippen LogP contribution in [0, 0.1) is 5.92 Å². The van der Waals surface area contributed by atoms with Gasteiger partial charge in [0.2, 0.25) is 5.91 Å². The first kappa shape index (κ1) is 19.5. The molecule has 154 valence electrons. The smallest absolute Gasteiger partial charge is 0.257 e. The highest BCUT2D eigenvalue weighted by Gasteiger charge is 2.33. The van der Waals surface area contributed by atoms with Crippen LogP contribution in [0.5, 0.6) is 5.75 Å². The average molecular weight is 398 g/mol. The topological polar surface area (TPSA) is 72.2 Å². The van der Waals surface area contributed by atoms with Gasteiger partial charge >= 0.3 is 0 Å². The lowest BCUT2D eigenvalue weighted by atomic mass is 10.2. The first-order valence-corrected chi connectivity index (χ1v) is 9.96. The number of amides is 2. The SMILES string of the molecule is COc1cccc(CN2C[C@H](OCC3CC3)CN(C(=O)c3ccoc3)CC2=O)c1. The predicted molar refractivity (Wildman–Crippen MR) is 105 cm³/mol. The standard InChI is InChI=1S/C22H26N2O5/c1-27-19-4-2-3-17(9-19)10-23-11-20(29-14-16-5-6-16)12-24(13-21(23)25)22(26)18-7-8-28-15-18/h2-4,7-9,15-16,20H,5-6,10-14H2,1H3/t20-/m0/s1. The number of benzene rings is 1. The third-order valence-electron chi connectivity index (χ3n) is 5.35. The van der Waals surface area contributed by atoms with Gasteiger partial charge in [-0.15, -0.1) is 0 Å². The number of furan rings is 1. The van der Waals surface area contributed by atoms with Crippen molar-refractivity contribution in [2.45, 2.75) is 25.5 Å². The fraction of sp³-hybridized carbons (Fsp3) is 0.455. The molecular weight excluding hydrogens is 372 g/mol. The molecule has 4 rings (SSSR count). The largest absolute Gasteiger partial charge is 0.497 e. The number of carbonyl (C=O) groups is 2. The van der Waals surface area contributed by atoms with E-state index in [0.717, 1.165) is 11.3 Å². The van der Waals surface area contributed by atoms with Crippen molar-refractivity contribution in [3.8, 4) is 5.75 Å². The number of ether oxygens (including phenoxy) is 2.